The first kappa shape index (κ1) is 17.8. The van der Waals surface area contributed by atoms with E-state index in [0.29, 0.717) is 0 Å². The molecule has 7 nitrogen and oxygen atoms in total. The minimum absolute atomic E-state index is 0.233. The van der Waals surface area contributed by atoms with E-state index in [0.717, 1.165) is 24.2 Å². The van der Waals surface area contributed by atoms with Gasteiger partial charge < -0.3 is 0 Å². The van der Waals surface area contributed by atoms with E-state index in [-0.39, 0.29) is 17.2 Å². The van der Waals surface area contributed by atoms with Gasteiger partial charge in [0.1, 0.15) is 0 Å². The van der Waals surface area contributed by atoms with Crippen LogP contribution in [0.25, 0.3) is 11.4 Å². The predicted molar refractivity (Wildman–Crippen MR) is 105 cm³/mol. The predicted octanol–water partition coefficient (Wildman–Crippen LogP) is 3.20. The van der Waals surface area contributed by atoms with Crippen LogP contribution in [0.3, 0.4) is 0 Å². The molecule has 28 heavy (non-hydrogen) atoms. The Morgan fingerprint density at radius 1 is 0.786 bits per heavy atom. The Bertz CT molecular complexity index is 1040. The van der Waals surface area contributed by atoms with Gasteiger partial charge in [-0.15, -0.1) is 10.2 Å². The van der Waals surface area contributed by atoms with Crippen molar-refractivity contribution in [2.45, 2.75) is 26.7 Å². The van der Waals surface area contributed by atoms with Crippen molar-refractivity contribution in [2.75, 3.05) is 0 Å². The molecule has 0 bridgehead atoms. The van der Waals surface area contributed by atoms with Gasteiger partial charge in [0, 0.05) is 0 Å². The standard InChI is InChI=1S/C21H20N6O/c1-3-15-7-5-9-17(11-15)26-13-19(22-24-26)21(28)20-14-27(25-23-20)18-10-6-8-16(4-2)12-18/h5-14H,3-4H2,1-2H3. The molecular formula is C21H20N6O. The van der Waals surface area contributed by atoms with E-state index in [2.05, 4.69) is 46.6 Å². The molecule has 4 aromatic rings. The highest BCUT2D eigenvalue weighted by atomic mass is 16.1. The van der Waals surface area contributed by atoms with Crippen LogP contribution in [0.4, 0.5) is 0 Å². The van der Waals surface area contributed by atoms with Crippen LogP contribution in [0.5, 0.6) is 0 Å². The van der Waals surface area contributed by atoms with Crippen LogP contribution in [0.2, 0.25) is 0 Å². The van der Waals surface area contributed by atoms with Crippen LogP contribution >= 0.6 is 0 Å². The Morgan fingerprint density at radius 3 is 1.68 bits per heavy atom. The Hall–Kier alpha value is -3.61. The summed E-state index contributed by atoms with van der Waals surface area (Å²) in [7, 11) is 0. The normalized spacial score (nSPS) is 10.9. The van der Waals surface area contributed by atoms with Crippen molar-refractivity contribution in [3.63, 3.8) is 0 Å². The fourth-order valence-corrected chi connectivity index (χ4v) is 2.96. The van der Waals surface area contributed by atoms with Gasteiger partial charge in [0.2, 0.25) is 5.78 Å². The van der Waals surface area contributed by atoms with E-state index >= 15 is 0 Å². The smallest absolute Gasteiger partial charge is 0.236 e. The summed E-state index contributed by atoms with van der Waals surface area (Å²) in [4.78, 5) is 12.8. The fourth-order valence-electron chi connectivity index (χ4n) is 2.96. The minimum Gasteiger partial charge on any atom is -0.285 e. The largest absolute Gasteiger partial charge is 0.285 e. The number of ketones is 1. The fraction of sp³-hybridized carbons (Fsp3) is 0.190. The van der Waals surface area contributed by atoms with Gasteiger partial charge in [-0.2, -0.15) is 0 Å². The summed E-state index contributed by atoms with van der Waals surface area (Å²) in [5.74, 6) is -0.309. The summed E-state index contributed by atoms with van der Waals surface area (Å²) in [5, 5.41) is 16.2. The molecule has 0 fully saturated rings. The monoisotopic (exact) mass is 372 g/mol. The maximum atomic E-state index is 12.8. The topological polar surface area (TPSA) is 78.5 Å². The van der Waals surface area contributed by atoms with Crippen molar-refractivity contribution in [1.29, 1.82) is 0 Å². The van der Waals surface area contributed by atoms with E-state index < -0.39 is 0 Å². The van der Waals surface area contributed by atoms with Gasteiger partial charge in [-0.05, 0) is 48.2 Å². The van der Waals surface area contributed by atoms with Gasteiger partial charge in [0.15, 0.2) is 11.4 Å². The molecule has 2 heterocycles. The molecular weight excluding hydrogens is 352 g/mol. The molecule has 2 aromatic carbocycles. The Kier molecular flexibility index (Phi) is 4.80. The molecule has 0 spiro atoms. The maximum Gasteiger partial charge on any atom is 0.236 e. The summed E-state index contributed by atoms with van der Waals surface area (Å²) in [6.45, 7) is 4.18. The molecule has 0 aliphatic heterocycles. The minimum atomic E-state index is -0.309. The van der Waals surface area contributed by atoms with Gasteiger partial charge in [-0.25, -0.2) is 9.36 Å². The number of carbonyl (C=O) groups is 1. The molecule has 0 unspecified atom stereocenters. The summed E-state index contributed by atoms with van der Waals surface area (Å²) in [5.41, 5.74) is 4.58. The molecule has 0 amide bonds. The van der Waals surface area contributed by atoms with Gasteiger partial charge in [-0.1, -0.05) is 48.5 Å². The quantitative estimate of drug-likeness (QED) is 0.486. The van der Waals surface area contributed by atoms with Crippen molar-refractivity contribution in [2.24, 2.45) is 0 Å². The second-order valence-corrected chi connectivity index (χ2v) is 6.47. The molecule has 0 saturated heterocycles. The zero-order chi connectivity index (χ0) is 19.5. The Morgan fingerprint density at radius 2 is 1.25 bits per heavy atom. The van der Waals surface area contributed by atoms with Crippen LogP contribution in [-0.4, -0.2) is 35.8 Å². The van der Waals surface area contributed by atoms with E-state index in [9.17, 15) is 4.79 Å². The second-order valence-electron chi connectivity index (χ2n) is 6.47. The molecule has 140 valence electrons. The first-order chi connectivity index (χ1) is 13.7. The lowest BCUT2D eigenvalue weighted by atomic mass is 10.1. The second kappa shape index (κ2) is 7.56. The van der Waals surface area contributed by atoms with Gasteiger partial charge >= 0.3 is 0 Å². The molecule has 7 heteroatoms. The van der Waals surface area contributed by atoms with E-state index in [1.807, 2.05) is 36.4 Å². The van der Waals surface area contributed by atoms with Crippen molar-refractivity contribution in [3.8, 4) is 11.4 Å². The third-order valence-corrected chi connectivity index (χ3v) is 4.62. The number of aromatic nitrogens is 6. The summed E-state index contributed by atoms with van der Waals surface area (Å²) in [6, 6.07) is 16.0. The number of hydrogen-bond acceptors (Lipinski definition) is 5. The molecule has 0 aliphatic rings. The molecule has 0 atom stereocenters. The third kappa shape index (κ3) is 3.46. The van der Waals surface area contributed by atoms with Crippen LogP contribution in [0.1, 0.15) is 41.2 Å². The number of benzene rings is 2. The van der Waals surface area contributed by atoms with Gasteiger partial charge in [0.25, 0.3) is 0 Å². The Balaban J connectivity index is 1.59. The van der Waals surface area contributed by atoms with Crippen molar-refractivity contribution in [3.05, 3.63) is 83.4 Å². The number of rotatable bonds is 6. The van der Waals surface area contributed by atoms with E-state index in [4.69, 9.17) is 0 Å². The molecule has 2 aromatic heterocycles. The lowest BCUT2D eigenvalue weighted by Crippen LogP contribution is -2.02. The summed E-state index contributed by atoms with van der Waals surface area (Å²) >= 11 is 0. The number of nitrogens with zero attached hydrogens (tertiary/aromatic N) is 6. The lowest BCUT2D eigenvalue weighted by molar-refractivity contribution is 0.102. The number of hydrogen-bond donors (Lipinski definition) is 0. The SMILES string of the molecule is CCc1cccc(-n2cc(C(=O)c3cn(-c4cccc(CC)c4)nn3)nn2)c1. The zero-order valence-electron chi connectivity index (χ0n) is 15.8. The average Bonchev–Trinajstić information content (AvgIpc) is 3.43. The summed E-state index contributed by atoms with van der Waals surface area (Å²) in [6.07, 6.45) is 5.09. The van der Waals surface area contributed by atoms with Crippen LogP contribution in [0, 0.1) is 0 Å². The van der Waals surface area contributed by atoms with E-state index in [1.165, 1.54) is 11.1 Å². The number of aryl methyl sites for hydroxylation is 2. The third-order valence-electron chi connectivity index (χ3n) is 4.62. The average molecular weight is 372 g/mol. The zero-order valence-corrected chi connectivity index (χ0v) is 15.8. The van der Waals surface area contributed by atoms with Gasteiger partial charge in [-0.3, -0.25) is 4.79 Å². The highest BCUT2D eigenvalue weighted by Crippen LogP contribution is 2.14. The molecule has 0 saturated carbocycles. The van der Waals surface area contributed by atoms with E-state index in [1.54, 1.807) is 21.8 Å². The van der Waals surface area contributed by atoms with Crippen LogP contribution < -0.4 is 0 Å². The van der Waals surface area contributed by atoms with Crippen molar-refractivity contribution < 1.29 is 4.79 Å². The van der Waals surface area contributed by atoms with Crippen LogP contribution in [-0.2, 0) is 12.8 Å². The highest BCUT2D eigenvalue weighted by Gasteiger charge is 2.18. The van der Waals surface area contributed by atoms with Crippen molar-refractivity contribution in [1.82, 2.24) is 30.0 Å². The van der Waals surface area contributed by atoms with Gasteiger partial charge in [0.05, 0.1) is 23.8 Å². The Labute approximate surface area is 162 Å². The number of carbonyl (C=O) groups excluding carboxylic acids is 1. The molecule has 0 N–H and O–H groups in total. The first-order valence-corrected chi connectivity index (χ1v) is 9.26. The molecule has 4 rings (SSSR count). The van der Waals surface area contributed by atoms with Crippen molar-refractivity contribution >= 4 is 5.78 Å². The highest BCUT2D eigenvalue weighted by molar-refractivity contribution is 6.05. The summed E-state index contributed by atoms with van der Waals surface area (Å²) < 4.78 is 3.20. The maximum absolute atomic E-state index is 12.8. The van der Waals surface area contributed by atoms with Crippen LogP contribution in [0.15, 0.2) is 60.9 Å². The molecule has 0 aliphatic carbocycles. The lowest BCUT2D eigenvalue weighted by Gasteiger charge is -2.02. The molecule has 0 radical (unpaired) electrons. The first-order valence-electron chi connectivity index (χ1n) is 9.26.